The largest absolute Gasteiger partial charge is 0.479 e. The molecule has 1 unspecified atom stereocenters. The molecule has 0 aliphatic carbocycles. The molecule has 0 bridgehead atoms. The summed E-state index contributed by atoms with van der Waals surface area (Å²) in [7, 11) is 0. The molecule has 0 saturated heterocycles. The van der Waals surface area contributed by atoms with Crippen LogP contribution in [0.15, 0.2) is 94.5 Å². The predicted octanol–water partition coefficient (Wildman–Crippen LogP) is 6.44. The quantitative estimate of drug-likeness (QED) is 0.120. The number of nitrogens with one attached hydrogen (secondary N) is 1. The molecule has 1 amide bonds. The highest BCUT2D eigenvalue weighted by molar-refractivity contribution is 9.10. The lowest BCUT2D eigenvalue weighted by atomic mass is 10.1. The molecule has 0 fully saturated rings. The lowest BCUT2D eigenvalue weighted by molar-refractivity contribution is -0.128. The zero-order valence-corrected chi connectivity index (χ0v) is 21.5. The van der Waals surface area contributed by atoms with Crippen LogP contribution >= 0.6 is 15.9 Å². The van der Waals surface area contributed by atoms with E-state index in [9.17, 15) is 9.59 Å². The third kappa shape index (κ3) is 5.98. The Kier molecular flexibility index (Phi) is 8.13. The van der Waals surface area contributed by atoms with Crippen LogP contribution in [0.25, 0.3) is 10.8 Å². The number of hydrogen-bond acceptors (Lipinski definition) is 5. The molecule has 0 aliphatic rings. The second-order valence-corrected chi connectivity index (χ2v) is 8.91. The third-order valence-corrected chi connectivity index (χ3v) is 6.42. The molecule has 0 saturated carbocycles. The summed E-state index contributed by atoms with van der Waals surface area (Å²) in [5, 5.41) is 6.14. The first-order valence-corrected chi connectivity index (χ1v) is 12.3. The number of rotatable bonds is 8. The van der Waals surface area contributed by atoms with E-state index in [2.05, 4.69) is 26.5 Å². The molecule has 0 aliphatic heterocycles. The lowest BCUT2D eigenvalue weighted by Crippen LogP contribution is -2.35. The topological polar surface area (TPSA) is 77.0 Å². The van der Waals surface area contributed by atoms with Crippen LogP contribution in [0.2, 0.25) is 0 Å². The van der Waals surface area contributed by atoms with E-state index < -0.39 is 12.1 Å². The number of amides is 1. The van der Waals surface area contributed by atoms with Gasteiger partial charge in [0.15, 0.2) is 6.10 Å². The first-order valence-electron chi connectivity index (χ1n) is 11.5. The van der Waals surface area contributed by atoms with Crippen LogP contribution in [0.1, 0.15) is 34.8 Å². The number of carbonyl (C=O) groups excluding carboxylic acids is 2. The zero-order chi connectivity index (χ0) is 25.5. The number of carbonyl (C=O) groups is 2. The van der Waals surface area contributed by atoms with E-state index in [0.717, 1.165) is 26.4 Å². The van der Waals surface area contributed by atoms with Gasteiger partial charge in [-0.05, 0) is 87.6 Å². The molecule has 4 aromatic carbocycles. The van der Waals surface area contributed by atoms with E-state index >= 15 is 0 Å². The fraction of sp³-hybridized carbons (Fsp3) is 0.138. The van der Waals surface area contributed by atoms with E-state index in [1.165, 1.54) is 6.21 Å². The summed E-state index contributed by atoms with van der Waals surface area (Å²) >= 11 is 3.59. The van der Waals surface area contributed by atoms with Crippen molar-refractivity contribution in [1.82, 2.24) is 5.43 Å². The highest BCUT2D eigenvalue weighted by Gasteiger charge is 2.20. The molecular weight excluding hydrogens is 520 g/mol. The minimum absolute atomic E-state index is 0.349. The number of aryl methyl sites for hydroxylation is 1. The summed E-state index contributed by atoms with van der Waals surface area (Å²) < 4.78 is 12.2. The van der Waals surface area contributed by atoms with Gasteiger partial charge >= 0.3 is 5.97 Å². The number of fused-ring (bicyclic) bond motifs is 1. The van der Waals surface area contributed by atoms with Crippen LogP contribution in [-0.2, 0) is 4.79 Å². The van der Waals surface area contributed by atoms with Crippen LogP contribution in [-0.4, -0.2) is 24.2 Å². The Labute approximate surface area is 218 Å². The summed E-state index contributed by atoms with van der Waals surface area (Å²) in [5.74, 6) is 0.253. The normalized spacial score (nSPS) is 11.9. The summed E-state index contributed by atoms with van der Waals surface area (Å²) in [6.45, 7) is 3.74. The fourth-order valence-electron chi connectivity index (χ4n) is 3.61. The SMILES string of the molecule is CCC(Oc1ccc2ccccc2c1Br)C(=O)N/N=C/c1ccc(OC(=O)c2ccccc2C)cc1. The summed E-state index contributed by atoms with van der Waals surface area (Å²) in [5.41, 5.74) is 4.65. The lowest BCUT2D eigenvalue weighted by Gasteiger charge is -2.17. The summed E-state index contributed by atoms with van der Waals surface area (Å²) in [6.07, 6.45) is 1.29. The molecule has 6 nitrogen and oxygen atoms in total. The van der Waals surface area contributed by atoms with Crippen molar-refractivity contribution in [3.63, 3.8) is 0 Å². The Hall–Kier alpha value is -3.97. The van der Waals surface area contributed by atoms with E-state index in [0.29, 0.717) is 23.5 Å². The van der Waals surface area contributed by atoms with Crippen LogP contribution in [0.5, 0.6) is 11.5 Å². The smallest absolute Gasteiger partial charge is 0.343 e. The Balaban J connectivity index is 1.34. The maximum Gasteiger partial charge on any atom is 0.343 e. The van der Waals surface area contributed by atoms with Crippen molar-refractivity contribution in [3.05, 3.63) is 106 Å². The number of benzene rings is 4. The molecule has 1 N–H and O–H groups in total. The van der Waals surface area contributed by atoms with Crippen LogP contribution in [0, 0.1) is 6.92 Å². The van der Waals surface area contributed by atoms with Crippen LogP contribution in [0.4, 0.5) is 0 Å². The van der Waals surface area contributed by atoms with E-state index in [1.807, 2.05) is 62.4 Å². The second kappa shape index (κ2) is 11.6. The minimum atomic E-state index is -0.706. The molecule has 0 heterocycles. The number of halogens is 1. The Morgan fingerprint density at radius 3 is 2.44 bits per heavy atom. The number of ether oxygens (including phenoxy) is 2. The van der Waals surface area contributed by atoms with E-state index in [4.69, 9.17) is 9.47 Å². The summed E-state index contributed by atoms with van der Waals surface area (Å²) in [4.78, 5) is 25.0. The van der Waals surface area contributed by atoms with Crippen molar-refractivity contribution in [2.24, 2.45) is 5.10 Å². The predicted molar refractivity (Wildman–Crippen MR) is 145 cm³/mol. The number of hydrogen-bond donors (Lipinski definition) is 1. The number of hydrazone groups is 1. The van der Waals surface area contributed by atoms with E-state index in [-0.39, 0.29) is 5.91 Å². The van der Waals surface area contributed by atoms with Crippen LogP contribution < -0.4 is 14.9 Å². The van der Waals surface area contributed by atoms with Gasteiger partial charge in [-0.25, -0.2) is 10.2 Å². The van der Waals surface area contributed by atoms with E-state index in [1.54, 1.807) is 36.4 Å². The monoisotopic (exact) mass is 544 g/mol. The minimum Gasteiger partial charge on any atom is -0.479 e. The van der Waals surface area contributed by atoms with Gasteiger partial charge in [0.1, 0.15) is 11.5 Å². The molecule has 1 atom stereocenters. The highest BCUT2D eigenvalue weighted by atomic mass is 79.9. The molecule has 36 heavy (non-hydrogen) atoms. The van der Waals surface area contributed by atoms with Gasteiger partial charge in [-0.2, -0.15) is 5.10 Å². The van der Waals surface area contributed by atoms with Crippen molar-refractivity contribution < 1.29 is 19.1 Å². The number of nitrogens with zero attached hydrogens (tertiary/aromatic N) is 1. The standard InChI is InChI=1S/C29H25BrN2O4/c1-3-25(36-26-17-14-21-9-5-7-11-24(21)27(26)30)28(33)32-31-18-20-12-15-22(16-13-20)35-29(34)23-10-6-4-8-19(23)2/h4-18,25H,3H2,1-2H3,(H,32,33)/b31-18+. The van der Waals surface area contributed by atoms with Gasteiger partial charge in [-0.15, -0.1) is 0 Å². The molecule has 4 rings (SSSR count). The second-order valence-electron chi connectivity index (χ2n) is 8.12. The molecule has 0 spiro atoms. The fourth-order valence-corrected chi connectivity index (χ4v) is 4.20. The Morgan fingerprint density at radius 1 is 0.972 bits per heavy atom. The average molecular weight is 545 g/mol. The Bertz CT molecular complexity index is 1420. The van der Waals surface area contributed by atoms with Gasteiger partial charge in [-0.3, -0.25) is 4.79 Å². The average Bonchev–Trinajstić information content (AvgIpc) is 2.89. The third-order valence-electron chi connectivity index (χ3n) is 5.60. The molecule has 7 heteroatoms. The highest BCUT2D eigenvalue weighted by Crippen LogP contribution is 2.33. The van der Waals surface area contributed by atoms with Crippen LogP contribution in [0.3, 0.4) is 0 Å². The maximum atomic E-state index is 12.7. The molecule has 0 aromatic heterocycles. The first-order chi connectivity index (χ1) is 17.5. The van der Waals surface area contributed by atoms with Gasteiger partial charge in [0.2, 0.25) is 0 Å². The summed E-state index contributed by atoms with van der Waals surface area (Å²) in [6, 6.07) is 25.8. The van der Waals surface area contributed by atoms with Gasteiger partial charge < -0.3 is 9.47 Å². The Morgan fingerprint density at radius 2 is 1.69 bits per heavy atom. The first kappa shape index (κ1) is 25.1. The number of esters is 1. The van der Waals surface area contributed by atoms with Gasteiger partial charge in [0, 0.05) is 0 Å². The van der Waals surface area contributed by atoms with Crippen molar-refractivity contribution in [2.45, 2.75) is 26.4 Å². The van der Waals surface area contributed by atoms with Crippen molar-refractivity contribution in [2.75, 3.05) is 0 Å². The molecule has 0 radical (unpaired) electrons. The maximum absolute atomic E-state index is 12.7. The molecule has 4 aromatic rings. The van der Waals surface area contributed by atoms with Gasteiger partial charge in [0.05, 0.1) is 16.3 Å². The molecule has 182 valence electrons. The zero-order valence-electron chi connectivity index (χ0n) is 19.9. The molecular formula is C29H25BrN2O4. The van der Waals surface area contributed by atoms with Crippen molar-refractivity contribution in [1.29, 1.82) is 0 Å². The van der Waals surface area contributed by atoms with Gasteiger partial charge in [-0.1, -0.05) is 55.5 Å². The van der Waals surface area contributed by atoms with Crippen molar-refractivity contribution in [3.8, 4) is 11.5 Å². The van der Waals surface area contributed by atoms with Crippen molar-refractivity contribution >= 4 is 44.8 Å². The van der Waals surface area contributed by atoms with Gasteiger partial charge in [0.25, 0.3) is 5.91 Å².